The Kier molecular flexibility index (Phi) is 3.98. The zero-order valence-electron chi connectivity index (χ0n) is 17.4. The van der Waals surface area contributed by atoms with E-state index in [2.05, 4.69) is 39.8 Å². The van der Waals surface area contributed by atoms with Crippen LogP contribution in [0.3, 0.4) is 0 Å². The van der Waals surface area contributed by atoms with Crippen LogP contribution in [0.15, 0.2) is 23.0 Å². The number of Topliss-reactive ketones (excluding diaryl/α,β-unsaturated/α-hetero) is 1. The fourth-order valence-corrected chi connectivity index (χ4v) is 8.01. The normalized spacial score (nSPS) is 45.3. The fraction of sp³-hybridized carbons (Fsp3) is 0.750. The van der Waals surface area contributed by atoms with Gasteiger partial charge in [0.1, 0.15) is 11.5 Å². The van der Waals surface area contributed by atoms with E-state index in [9.17, 15) is 15.2 Å². The van der Waals surface area contributed by atoms with E-state index in [4.69, 9.17) is 0 Å². The molecule has 0 radical (unpaired) electrons. The molecule has 3 nitrogen and oxygen atoms in total. The van der Waals surface area contributed by atoms with Crippen LogP contribution in [0.25, 0.3) is 0 Å². The SMILES string of the molecule is CC(=O)[C@H]1CC[C@H]2[C@@H]3CC=C4C(C)(C)C(O)=C(C#N)C[C@]4(C)[C@H]3CC[C@]12C. The second-order valence-corrected chi connectivity index (χ2v) is 10.7. The van der Waals surface area contributed by atoms with E-state index < -0.39 is 5.41 Å². The van der Waals surface area contributed by atoms with Crippen molar-refractivity contribution < 1.29 is 9.90 Å². The molecule has 0 saturated heterocycles. The second kappa shape index (κ2) is 5.72. The van der Waals surface area contributed by atoms with Gasteiger partial charge in [0, 0.05) is 11.3 Å². The number of ketones is 1. The minimum Gasteiger partial charge on any atom is -0.510 e. The van der Waals surface area contributed by atoms with E-state index in [1.165, 1.54) is 5.57 Å². The Hall–Kier alpha value is -1.56. The van der Waals surface area contributed by atoms with Crippen molar-refractivity contribution in [2.45, 2.75) is 73.1 Å². The van der Waals surface area contributed by atoms with Gasteiger partial charge in [-0.3, -0.25) is 4.79 Å². The molecule has 0 amide bonds. The van der Waals surface area contributed by atoms with Crippen LogP contribution in [-0.2, 0) is 4.79 Å². The lowest BCUT2D eigenvalue weighted by molar-refractivity contribution is -0.127. The standard InChI is InChI=1S/C24H33NO2/c1-14(26)17-7-8-18-16-6-9-20-22(2,3)21(27)15(13-25)12-24(20,5)19(16)10-11-23(17,18)4/h9,16-19,27H,6-8,10-12H2,1-5H3/t16-,17+,18-,19-,23+,24+/m0/s1. The molecule has 4 aliphatic carbocycles. The van der Waals surface area contributed by atoms with Crippen LogP contribution < -0.4 is 0 Å². The number of aliphatic hydroxyl groups excluding tert-OH is 1. The van der Waals surface area contributed by atoms with Gasteiger partial charge in [-0.15, -0.1) is 0 Å². The molecule has 4 rings (SSSR count). The lowest BCUT2D eigenvalue weighted by Gasteiger charge is -2.59. The summed E-state index contributed by atoms with van der Waals surface area (Å²) in [6, 6.07) is 2.30. The highest BCUT2D eigenvalue weighted by molar-refractivity contribution is 5.79. The third-order valence-corrected chi connectivity index (χ3v) is 9.19. The van der Waals surface area contributed by atoms with Gasteiger partial charge in [0.25, 0.3) is 0 Å². The summed E-state index contributed by atoms with van der Waals surface area (Å²) in [5.74, 6) is 2.60. The average Bonchev–Trinajstić information content (AvgIpc) is 2.95. The second-order valence-electron chi connectivity index (χ2n) is 10.7. The molecule has 0 unspecified atom stereocenters. The first-order chi connectivity index (χ1) is 12.6. The lowest BCUT2D eigenvalue weighted by atomic mass is 9.45. The summed E-state index contributed by atoms with van der Waals surface area (Å²) in [6.45, 7) is 10.6. The van der Waals surface area contributed by atoms with Crippen molar-refractivity contribution in [2.75, 3.05) is 0 Å². The average molecular weight is 368 g/mol. The zero-order chi connectivity index (χ0) is 19.8. The molecule has 0 aromatic rings. The Balaban J connectivity index is 1.76. The van der Waals surface area contributed by atoms with Crippen molar-refractivity contribution in [1.82, 2.24) is 0 Å². The van der Waals surface area contributed by atoms with Crippen LogP contribution >= 0.6 is 0 Å². The van der Waals surface area contributed by atoms with Crippen molar-refractivity contribution in [3.8, 4) is 6.07 Å². The van der Waals surface area contributed by atoms with Crippen molar-refractivity contribution >= 4 is 5.78 Å². The summed E-state index contributed by atoms with van der Waals surface area (Å²) in [4.78, 5) is 12.3. The topological polar surface area (TPSA) is 61.1 Å². The van der Waals surface area contributed by atoms with Crippen LogP contribution in [-0.4, -0.2) is 10.9 Å². The molecule has 0 heterocycles. The van der Waals surface area contributed by atoms with E-state index in [1.54, 1.807) is 6.92 Å². The zero-order valence-corrected chi connectivity index (χ0v) is 17.4. The molecule has 2 fully saturated rings. The number of carbonyl (C=O) groups excluding carboxylic acids is 1. The molecule has 0 aliphatic heterocycles. The Labute approximate surface area is 163 Å². The Morgan fingerprint density at radius 1 is 1.19 bits per heavy atom. The van der Waals surface area contributed by atoms with Gasteiger partial charge < -0.3 is 5.11 Å². The van der Waals surface area contributed by atoms with Crippen LogP contribution in [0.1, 0.15) is 73.1 Å². The Morgan fingerprint density at radius 3 is 2.52 bits per heavy atom. The van der Waals surface area contributed by atoms with Gasteiger partial charge in [0.15, 0.2) is 0 Å². The Morgan fingerprint density at radius 2 is 1.89 bits per heavy atom. The lowest BCUT2D eigenvalue weighted by Crippen LogP contribution is -2.52. The third-order valence-electron chi connectivity index (χ3n) is 9.19. The molecule has 6 atom stereocenters. The predicted octanol–water partition coefficient (Wildman–Crippen LogP) is 5.74. The molecule has 27 heavy (non-hydrogen) atoms. The monoisotopic (exact) mass is 367 g/mol. The van der Waals surface area contributed by atoms with Gasteiger partial charge in [-0.1, -0.05) is 25.5 Å². The predicted molar refractivity (Wildman–Crippen MR) is 106 cm³/mol. The third kappa shape index (κ3) is 2.28. The molecular weight excluding hydrogens is 334 g/mol. The summed E-state index contributed by atoms with van der Waals surface area (Å²) in [5, 5.41) is 20.4. The van der Waals surface area contributed by atoms with Crippen molar-refractivity contribution in [2.24, 2.45) is 39.9 Å². The van der Waals surface area contributed by atoms with Crippen molar-refractivity contribution in [3.05, 3.63) is 23.0 Å². The summed E-state index contributed by atoms with van der Waals surface area (Å²) >= 11 is 0. The number of hydrogen-bond donors (Lipinski definition) is 1. The summed E-state index contributed by atoms with van der Waals surface area (Å²) in [6.07, 6.45) is 8.55. The number of carbonyl (C=O) groups is 1. The number of fused-ring (bicyclic) bond motifs is 5. The van der Waals surface area contributed by atoms with Gasteiger partial charge >= 0.3 is 0 Å². The maximum Gasteiger partial charge on any atom is 0.133 e. The molecule has 0 spiro atoms. The van der Waals surface area contributed by atoms with Gasteiger partial charge in [-0.2, -0.15) is 5.26 Å². The van der Waals surface area contributed by atoms with Gasteiger partial charge in [-0.25, -0.2) is 0 Å². The fourth-order valence-electron chi connectivity index (χ4n) is 8.01. The highest BCUT2D eigenvalue weighted by atomic mass is 16.3. The minimum atomic E-state index is -0.457. The number of allylic oxidation sites excluding steroid dienone is 3. The van der Waals surface area contributed by atoms with E-state index in [1.807, 2.05) is 0 Å². The van der Waals surface area contributed by atoms with Crippen LogP contribution in [0, 0.1) is 51.2 Å². The van der Waals surface area contributed by atoms with Crippen LogP contribution in [0.5, 0.6) is 0 Å². The van der Waals surface area contributed by atoms with Crippen molar-refractivity contribution in [3.63, 3.8) is 0 Å². The first-order valence-electron chi connectivity index (χ1n) is 10.6. The van der Waals surface area contributed by atoms with Gasteiger partial charge in [0.05, 0.1) is 11.6 Å². The molecule has 4 aliphatic rings. The van der Waals surface area contributed by atoms with E-state index >= 15 is 0 Å². The molecule has 2 saturated carbocycles. The molecule has 0 bridgehead atoms. The molecule has 0 aromatic heterocycles. The molecular formula is C24H33NO2. The van der Waals surface area contributed by atoms with Crippen LogP contribution in [0.2, 0.25) is 0 Å². The first-order valence-corrected chi connectivity index (χ1v) is 10.6. The molecule has 146 valence electrons. The summed E-state index contributed by atoms with van der Waals surface area (Å²) < 4.78 is 0. The highest BCUT2D eigenvalue weighted by Crippen LogP contribution is 2.68. The highest BCUT2D eigenvalue weighted by Gasteiger charge is 2.61. The van der Waals surface area contributed by atoms with Gasteiger partial charge in [0.2, 0.25) is 0 Å². The number of nitrogens with zero attached hydrogens (tertiary/aromatic N) is 1. The smallest absolute Gasteiger partial charge is 0.133 e. The molecule has 3 heteroatoms. The number of aliphatic hydroxyl groups is 1. The number of rotatable bonds is 1. The largest absolute Gasteiger partial charge is 0.510 e. The first kappa shape index (κ1) is 18.8. The van der Waals surface area contributed by atoms with Crippen LogP contribution in [0.4, 0.5) is 0 Å². The number of hydrogen-bond acceptors (Lipinski definition) is 3. The number of nitriles is 1. The van der Waals surface area contributed by atoms with E-state index in [0.717, 1.165) is 32.1 Å². The van der Waals surface area contributed by atoms with Crippen molar-refractivity contribution in [1.29, 1.82) is 5.26 Å². The van der Waals surface area contributed by atoms with Gasteiger partial charge in [-0.05, 0) is 87.9 Å². The maximum absolute atomic E-state index is 12.3. The molecule has 1 N–H and O–H groups in total. The Bertz CT molecular complexity index is 798. The van der Waals surface area contributed by atoms with E-state index in [-0.39, 0.29) is 22.5 Å². The van der Waals surface area contributed by atoms with E-state index in [0.29, 0.717) is 35.5 Å². The maximum atomic E-state index is 12.3. The summed E-state index contributed by atoms with van der Waals surface area (Å²) in [7, 11) is 0. The molecule has 0 aromatic carbocycles. The quantitative estimate of drug-likeness (QED) is 0.601. The summed E-state index contributed by atoms with van der Waals surface area (Å²) in [5.41, 5.74) is 1.54. The minimum absolute atomic E-state index is 0.0562.